The maximum Gasteiger partial charge on any atom is 0.273 e. The summed E-state index contributed by atoms with van der Waals surface area (Å²) in [5, 5.41) is 15.0. The number of nitrogens with zero attached hydrogens (tertiary/aromatic N) is 2. The molecular weight excluding hydrogens is 362 g/mol. The van der Waals surface area contributed by atoms with E-state index in [0.717, 1.165) is 23.4 Å². The molecule has 1 saturated heterocycles. The normalized spacial score (nSPS) is 17.7. The van der Waals surface area contributed by atoms with Gasteiger partial charge < -0.3 is 15.3 Å². The summed E-state index contributed by atoms with van der Waals surface area (Å²) < 4.78 is 0. The molecule has 1 fully saturated rings. The molecule has 144 valence electrons. The molecule has 3 rings (SSSR count). The third kappa shape index (κ3) is 4.73. The fourth-order valence-corrected chi connectivity index (χ4v) is 4.18. The summed E-state index contributed by atoms with van der Waals surface area (Å²) in [6, 6.07) is 9.53. The Kier molecular flexibility index (Phi) is 6.58. The van der Waals surface area contributed by atoms with Crippen LogP contribution in [0.3, 0.4) is 0 Å². The van der Waals surface area contributed by atoms with Crippen molar-refractivity contribution in [1.29, 1.82) is 0 Å². The fourth-order valence-electron chi connectivity index (χ4n) is 3.33. The first-order valence-electron chi connectivity index (χ1n) is 9.33. The van der Waals surface area contributed by atoms with Gasteiger partial charge in [-0.05, 0) is 24.8 Å². The molecule has 0 radical (unpaired) electrons. The molecule has 1 aliphatic heterocycles. The Labute approximate surface area is 163 Å². The second-order valence-electron chi connectivity index (χ2n) is 6.71. The third-order valence-corrected chi connectivity index (χ3v) is 5.79. The zero-order valence-corrected chi connectivity index (χ0v) is 16.2. The number of amides is 2. The van der Waals surface area contributed by atoms with Gasteiger partial charge >= 0.3 is 0 Å². The number of aromatic nitrogens is 1. The highest BCUT2D eigenvalue weighted by molar-refractivity contribution is 7.09. The van der Waals surface area contributed by atoms with Gasteiger partial charge in [0, 0.05) is 18.3 Å². The molecule has 2 heterocycles. The number of rotatable bonds is 7. The van der Waals surface area contributed by atoms with Gasteiger partial charge in [0.05, 0.1) is 18.7 Å². The first kappa shape index (κ1) is 19.5. The van der Waals surface area contributed by atoms with Crippen molar-refractivity contribution in [3.63, 3.8) is 0 Å². The summed E-state index contributed by atoms with van der Waals surface area (Å²) in [5.74, 6) is -0.187. The van der Waals surface area contributed by atoms with Gasteiger partial charge in [0.1, 0.15) is 10.7 Å². The first-order chi connectivity index (χ1) is 13.1. The molecule has 0 unspecified atom stereocenters. The number of aliphatic hydroxyl groups excluding tert-OH is 1. The first-order valence-corrected chi connectivity index (χ1v) is 10.2. The van der Waals surface area contributed by atoms with Crippen LogP contribution in [0.25, 0.3) is 0 Å². The smallest absolute Gasteiger partial charge is 0.273 e. The predicted molar refractivity (Wildman–Crippen MR) is 105 cm³/mol. The van der Waals surface area contributed by atoms with Crippen LogP contribution in [-0.2, 0) is 11.2 Å². The number of carbonyl (C=O) groups excluding carboxylic acids is 2. The Bertz CT molecular complexity index is 778. The Hall–Kier alpha value is -2.25. The molecule has 0 saturated carbocycles. The molecule has 0 spiro atoms. The second-order valence-corrected chi connectivity index (χ2v) is 7.60. The Morgan fingerprint density at radius 3 is 2.85 bits per heavy atom. The van der Waals surface area contributed by atoms with E-state index in [2.05, 4.69) is 10.3 Å². The van der Waals surface area contributed by atoms with Crippen LogP contribution >= 0.6 is 11.3 Å². The van der Waals surface area contributed by atoms with E-state index in [1.54, 1.807) is 10.3 Å². The van der Waals surface area contributed by atoms with Crippen LogP contribution in [0, 0.1) is 0 Å². The molecule has 1 aliphatic rings. The van der Waals surface area contributed by atoms with Crippen molar-refractivity contribution in [2.75, 3.05) is 13.2 Å². The van der Waals surface area contributed by atoms with Crippen molar-refractivity contribution in [3.8, 4) is 0 Å². The maximum atomic E-state index is 12.8. The average Bonchev–Trinajstić information content (AvgIpc) is 3.37. The summed E-state index contributed by atoms with van der Waals surface area (Å²) in [4.78, 5) is 31.0. The average molecular weight is 388 g/mol. The Morgan fingerprint density at radius 1 is 1.37 bits per heavy atom. The predicted octanol–water partition coefficient (Wildman–Crippen LogP) is 2.55. The molecule has 0 aliphatic carbocycles. The van der Waals surface area contributed by atoms with Crippen molar-refractivity contribution >= 4 is 23.2 Å². The summed E-state index contributed by atoms with van der Waals surface area (Å²) >= 11 is 1.39. The number of thiazole rings is 1. The minimum Gasteiger partial charge on any atom is -0.394 e. The minimum absolute atomic E-state index is 0.0219. The molecule has 2 N–H and O–H groups in total. The van der Waals surface area contributed by atoms with Crippen molar-refractivity contribution < 1.29 is 14.7 Å². The van der Waals surface area contributed by atoms with Gasteiger partial charge in [-0.15, -0.1) is 11.3 Å². The zero-order valence-electron chi connectivity index (χ0n) is 15.4. The number of hydrogen-bond donors (Lipinski definition) is 2. The van der Waals surface area contributed by atoms with Crippen LogP contribution < -0.4 is 5.32 Å². The molecule has 1 aromatic carbocycles. The van der Waals surface area contributed by atoms with E-state index < -0.39 is 0 Å². The van der Waals surface area contributed by atoms with E-state index in [1.807, 2.05) is 37.3 Å². The van der Waals surface area contributed by atoms with Gasteiger partial charge in [-0.2, -0.15) is 0 Å². The molecule has 1 aromatic heterocycles. The topological polar surface area (TPSA) is 82.5 Å². The monoisotopic (exact) mass is 387 g/mol. The third-order valence-electron chi connectivity index (χ3n) is 4.83. The highest BCUT2D eigenvalue weighted by atomic mass is 32.1. The SMILES string of the molecule is CCC(=O)N[C@H](Cc1ccccc1)c1nc(C(=O)N2CCC[C@H]2CO)cs1. The van der Waals surface area contributed by atoms with Crippen molar-refractivity contribution in [2.45, 2.75) is 44.7 Å². The number of aliphatic hydroxyl groups is 1. The van der Waals surface area contributed by atoms with E-state index in [4.69, 9.17) is 0 Å². The lowest BCUT2D eigenvalue weighted by Crippen LogP contribution is -2.37. The highest BCUT2D eigenvalue weighted by Gasteiger charge is 2.30. The fraction of sp³-hybridized carbons (Fsp3) is 0.450. The number of benzene rings is 1. The summed E-state index contributed by atoms with van der Waals surface area (Å²) in [6.07, 6.45) is 2.74. The van der Waals surface area contributed by atoms with E-state index >= 15 is 0 Å². The molecule has 7 heteroatoms. The van der Waals surface area contributed by atoms with Crippen molar-refractivity contribution in [2.24, 2.45) is 0 Å². The minimum atomic E-state index is -0.265. The lowest BCUT2D eigenvalue weighted by atomic mass is 10.1. The van der Waals surface area contributed by atoms with Crippen molar-refractivity contribution in [3.05, 3.63) is 52.0 Å². The van der Waals surface area contributed by atoms with Crippen molar-refractivity contribution in [1.82, 2.24) is 15.2 Å². The molecular formula is C20H25N3O3S. The molecule has 27 heavy (non-hydrogen) atoms. The van der Waals surface area contributed by atoms with Gasteiger partial charge in [-0.25, -0.2) is 4.98 Å². The summed E-state index contributed by atoms with van der Waals surface area (Å²) in [7, 11) is 0. The van der Waals surface area contributed by atoms with E-state index in [9.17, 15) is 14.7 Å². The lowest BCUT2D eigenvalue weighted by Gasteiger charge is -2.22. The van der Waals surface area contributed by atoms with E-state index in [1.165, 1.54) is 11.3 Å². The van der Waals surface area contributed by atoms with Crippen LogP contribution in [0.1, 0.15) is 53.3 Å². The quantitative estimate of drug-likeness (QED) is 0.765. The lowest BCUT2D eigenvalue weighted by molar-refractivity contribution is -0.121. The van der Waals surface area contributed by atoms with Gasteiger partial charge in [-0.1, -0.05) is 37.3 Å². The van der Waals surface area contributed by atoms with Gasteiger partial charge in [0.2, 0.25) is 5.91 Å². The molecule has 2 aromatic rings. The number of carbonyl (C=O) groups is 2. The van der Waals surface area contributed by atoms with Crippen LogP contribution in [-0.4, -0.2) is 46.0 Å². The van der Waals surface area contributed by atoms with Gasteiger partial charge in [0.15, 0.2) is 0 Å². The second kappa shape index (κ2) is 9.10. The highest BCUT2D eigenvalue weighted by Crippen LogP contribution is 2.25. The number of likely N-dealkylation sites (tertiary alicyclic amines) is 1. The standard InChI is InChI=1S/C20H25N3O3S/c1-2-18(25)21-16(11-14-7-4-3-5-8-14)19-22-17(13-27-19)20(26)23-10-6-9-15(23)12-24/h3-5,7-8,13,15-16,24H,2,6,9-12H2,1H3,(H,21,25)/t15-,16+/m0/s1. The van der Waals surface area contributed by atoms with Gasteiger partial charge in [-0.3, -0.25) is 9.59 Å². The number of nitrogens with one attached hydrogen (secondary N) is 1. The molecule has 2 atom stereocenters. The van der Waals surface area contributed by atoms with Crippen LogP contribution in [0.2, 0.25) is 0 Å². The molecule has 0 bridgehead atoms. The van der Waals surface area contributed by atoms with E-state index in [0.29, 0.717) is 25.1 Å². The Morgan fingerprint density at radius 2 is 2.15 bits per heavy atom. The molecule has 6 nitrogen and oxygen atoms in total. The van der Waals surface area contributed by atoms with Crippen LogP contribution in [0.4, 0.5) is 0 Å². The van der Waals surface area contributed by atoms with E-state index in [-0.39, 0.29) is 30.5 Å². The maximum absolute atomic E-state index is 12.8. The molecule has 2 amide bonds. The largest absolute Gasteiger partial charge is 0.394 e. The summed E-state index contributed by atoms with van der Waals surface area (Å²) in [5.41, 5.74) is 1.49. The van der Waals surface area contributed by atoms with Gasteiger partial charge in [0.25, 0.3) is 5.91 Å². The number of hydrogen-bond acceptors (Lipinski definition) is 5. The Balaban J connectivity index is 1.78. The summed E-state index contributed by atoms with van der Waals surface area (Å²) in [6.45, 7) is 2.44. The van der Waals surface area contributed by atoms with Crippen LogP contribution in [0.5, 0.6) is 0 Å². The van der Waals surface area contributed by atoms with Crippen LogP contribution in [0.15, 0.2) is 35.7 Å². The zero-order chi connectivity index (χ0) is 19.2.